The number of carbonyl (C=O) groups is 1. The summed E-state index contributed by atoms with van der Waals surface area (Å²) in [7, 11) is 1.53. The Labute approximate surface area is 175 Å². The molecule has 1 aliphatic heterocycles. The molecule has 0 spiro atoms. The van der Waals surface area contributed by atoms with Gasteiger partial charge < -0.3 is 9.15 Å². The molecule has 0 radical (unpaired) electrons. The Morgan fingerprint density at radius 3 is 2.67 bits per heavy atom. The van der Waals surface area contributed by atoms with Crippen molar-refractivity contribution >= 4 is 33.3 Å². The van der Waals surface area contributed by atoms with Gasteiger partial charge in [-0.2, -0.15) is 0 Å². The molecule has 8 heteroatoms. The topological polar surface area (TPSA) is 85.5 Å². The Morgan fingerprint density at radius 1 is 1.17 bits per heavy atom. The number of amides is 1. The fraction of sp³-hybridized carbons (Fsp3) is 0.182. The van der Waals surface area contributed by atoms with Gasteiger partial charge in [0.05, 0.1) is 29.4 Å². The van der Waals surface area contributed by atoms with Crippen LogP contribution in [0, 0.1) is 13.8 Å². The minimum Gasteiger partial charge on any atom is -0.497 e. The molecule has 4 heterocycles. The van der Waals surface area contributed by atoms with Crippen molar-refractivity contribution in [1.82, 2.24) is 9.97 Å². The summed E-state index contributed by atoms with van der Waals surface area (Å²) in [6, 6.07) is 9.67. The van der Waals surface area contributed by atoms with E-state index in [9.17, 15) is 9.59 Å². The average molecular weight is 419 g/mol. The second-order valence-corrected chi connectivity index (χ2v) is 8.19. The summed E-state index contributed by atoms with van der Waals surface area (Å²) in [6.07, 6.45) is 1.64. The zero-order chi connectivity index (χ0) is 21.0. The fourth-order valence-electron chi connectivity index (χ4n) is 3.65. The summed E-state index contributed by atoms with van der Waals surface area (Å²) in [5.41, 5.74) is 1.75. The lowest BCUT2D eigenvalue weighted by Gasteiger charge is -2.21. The van der Waals surface area contributed by atoms with Crippen molar-refractivity contribution in [3.05, 3.63) is 80.4 Å². The second-order valence-electron chi connectivity index (χ2n) is 7.01. The summed E-state index contributed by atoms with van der Waals surface area (Å²) in [6.45, 7) is 3.84. The molecule has 3 aromatic heterocycles. The van der Waals surface area contributed by atoms with E-state index >= 15 is 0 Å². The lowest BCUT2D eigenvalue weighted by Crippen LogP contribution is -2.30. The van der Waals surface area contributed by atoms with Crippen LogP contribution in [0.15, 0.2) is 51.8 Å². The highest BCUT2D eigenvalue weighted by Gasteiger charge is 2.45. The van der Waals surface area contributed by atoms with Crippen molar-refractivity contribution in [2.45, 2.75) is 19.9 Å². The van der Waals surface area contributed by atoms with Crippen LogP contribution in [0.1, 0.15) is 38.4 Å². The standard InChI is InChI=1S/C22H17N3O4S/c1-11-12(2)30-22(24-11)25-18(15-6-4-5-9-23-15)17-19(26)14-8-7-13(28-3)10-16(14)29-20(17)21(25)27/h4-10,18H,1-3H3. The molecule has 1 unspecified atom stereocenters. The second kappa shape index (κ2) is 6.77. The van der Waals surface area contributed by atoms with E-state index in [1.54, 1.807) is 36.5 Å². The number of aryl methyl sites for hydroxylation is 2. The number of thiazole rings is 1. The third-order valence-electron chi connectivity index (χ3n) is 5.27. The van der Waals surface area contributed by atoms with E-state index in [1.165, 1.54) is 23.3 Å². The molecule has 0 saturated carbocycles. The van der Waals surface area contributed by atoms with E-state index < -0.39 is 11.9 Å². The number of anilines is 1. The number of benzene rings is 1. The van der Waals surface area contributed by atoms with Crippen LogP contribution in [0.4, 0.5) is 5.13 Å². The number of aromatic nitrogens is 2. The highest BCUT2D eigenvalue weighted by molar-refractivity contribution is 7.15. The SMILES string of the molecule is COc1ccc2c(=O)c3c(oc2c1)C(=O)N(c1nc(C)c(C)s1)C3c1ccccn1. The van der Waals surface area contributed by atoms with Crippen LogP contribution in [-0.2, 0) is 0 Å². The molecule has 1 aliphatic rings. The quantitative estimate of drug-likeness (QED) is 0.499. The van der Waals surface area contributed by atoms with Gasteiger partial charge in [-0.1, -0.05) is 6.07 Å². The van der Waals surface area contributed by atoms with Gasteiger partial charge >= 0.3 is 0 Å². The van der Waals surface area contributed by atoms with Crippen LogP contribution < -0.4 is 15.1 Å². The molecule has 0 N–H and O–H groups in total. The first-order valence-electron chi connectivity index (χ1n) is 9.33. The minimum atomic E-state index is -0.707. The molecule has 1 atom stereocenters. The van der Waals surface area contributed by atoms with Crippen LogP contribution in [0.25, 0.3) is 11.0 Å². The smallest absolute Gasteiger partial charge is 0.297 e. The molecule has 0 saturated heterocycles. The van der Waals surface area contributed by atoms with Gasteiger partial charge in [0.15, 0.2) is 10.6 Å². The van der Waals surface area contributed by atoms with Gasteiger partial charge in [0, 0.05) is 17.1 Å². The zero-order valence-corrected chi connectivity index (χ0v) is 17.3. The first-order chi connectivity index (χ1) is 14.5. The number of fused-ring (bicyclic) bond motifs is 2. The van der Waals surface area contributed by atoms with Gasteiger partial charge in [-0.25, -0.2) is 4.98 Å². The van der Waals surface area contributed by atoms with Crippen LogP contribution in [0.2, 0.25) is 0 Å². The van der Waals surface area contributed by atoms with Crippen LogP contribution in [-0.4, -0.2) is 23.0 Å². The van der Waals surface area contributed by atoms with Crippen LogP contribution in [0.5, 0.6) is 5.75 Å². The molecule has 1 amide bonds. The Balaban J connectivity index is 1.81. The molecule has 0 fully saturated rings. The van der Waals surface area contributed by atoms with Gasteiger partial charge in [0.25, 0.3) is 5.91 Å². The van der Waals surface area contributed by atoms with Crippen LogP contribution in [0.3, 0.4) is 0 Å². The predicted octanol–water partition coefficient (Wildman–Crippen LogP) is 4.02. The van der Waals surface area contributed by atoms with Gasteiger partial charge in [0.2, 0.25) is 5.76 Å². The predicted molar refractivity (Wildman–Crippen MR) is 114 cm³/mol. The summed E-state index contributed by atoms with van der Waals surface area (Å²) in [5, 5.41) is 0.898. The third-order valence-corrected chi connectivity index (χ3v) is 6.34. The number of hydrogen-bond donors (Lipinski definition) is 0. The summed E-state index contributed by atoms with van der Waals surface area (Å²) in [4.78, 5) is 38.4. The van der Waals surface area contributed by atoms with E-state index in [2.05, 4.69) is 9.97 Å². The molecule has 7 nitrogen and oxygen atoms in total. The molecule has 0 bridgehead atoms. The number of nitrogens with zero attached hydrogens (tertiary/aromatic N) is 3. The number of hydrogen-bond acceptors (Lipinski definition) is 7. The van der Waals surface area contributed by atoms with Crippen LogP contribution >= 0.6 is 11.3 Å². The van der Waals surface area contributed by atoms with Crippen molar-refractivity contribution in [2.24, 2.45) is 0 Å². The average Bonchev–Trinajstić information content (AvgIpc) is 3.24. The summed E-state index contributed by atoms with van der Waals surface area (Å²) in [5.74, 6) is 0.151. The van der Waals surface area contributed by atoms with Crippen molar-refractivity contribution in [3.63, 3.8) is 0 Å². The van der Waals surface area contributed by atoms with Gasteiger partial charge in [-0.3, -0.25) is 19.5 Å². The van der Waals surface area contributed by atoms with Crippen molar-refractivity contribution in [3.8, 4) is 5.75 Å². The van der Waals surface area contributed by atoms with Crippen molar-refractivity contribution in [1.29, 1.82) is 0 Å². The van der Waals surface area contributed by atoms with E-state index in [1.807, 2.05) is 19.9 Å². The van der Waals surface area contributed by atoms with E-state index in [-0.39, 0.29) is 16.8 Å². The van der Waals surface area contributed by atoms with Gasteiger partial charge in [-0.05, 0) is 38.1 Å². The van der Waals surface area contributed by atoms with Crippen molar-refractivity contribution in [2.75, 3.05) is 12.0 Å². The molecular formula is C22H17N3O4S. The highest BCUT2D eigenvalue weighted by Crippen LogP contribution is 2.42. The number of pyridine rings is 1. The Kier molecular flexibility index (Phi) is 4.18. The van der Waals surface area contributed by atoms with Crippen molar-refractivity contribution < 1.29 is 13.9 Å². The maximum atomic E-state index is 13.5. The summed E-state index contributed by atoms with van der Waals surface area (Å²) >= 11 is 1.40. The minimum absolute atomic E-state index is 0.0157. The molecule has 1 aromatic carbocycles. The Hall–Kier alpha value is -3.52. The number of ether oxygens (including phenoxy) is 1. The van der Waals surface area contributed by atoms with E-state index in [0.29, 0.717) is 27.5 Å². The molecule has 30 heavy (non-hydrogen) atoms. The monoisotopic (exact) mass is 419 g/mol. The van der Waals surface area contributed by atoms with Gasteiger partial charge in [-0.15, -0.1) is 11.3 Å². The van der Waals surface area contributed by atoms with E-state index in [0.717, 1.165) is 10.6 Å². The molecule has 0 aliphatic carbocycles. The fourth-order valence-corrected chi connectivity index (χ4v) is 4.59. The molecule has 4 aromatic rings. The lowest BCUT2D eigenvalue weighted by atomic mass is 10.0. The number of carbonyl (C=O) groups excluding carboxylic acids is 1. The normalized spacial score (nSPS) is 15.6. The number of rotatable bonds is 3. The largest absolute Gasteiger partial charge is 0.497 e. The zero-order valence-electron chi connectivity index (χ0n) is 16.5. The maximum absolute atomic E-state index is 13.5. The lowest BCUT2D eigenvalue weighted by molar-refractivity contribution is 0.0970. The third kappa shape index (κ3) is 2.64. The van der Waals surface area contributed by atoms with Gasteiger partial charge in [0.1, 0.15) is 17.4 Å². The highest BCUT2D eigenvalue weighted by atomic mass is 32.1. The molecule has 5 rings (SSSR count). The van der Waals surface area contributed by atoms with E-state index in [4.69, 9.17) is 9.15 Å². The summed E-state index contributed by atoms with van der Waals surface area (Å²) < 4.78 is 11.2. The Morgan fingerprint density at radius 2 is 2.00 bits per heavy atom. The molecule has 150 valence electrons. The first-order valence-corrected chi connectivity index (χ1v) is 10.1. The number of methoxy groups -OCH3 is 1. The Bertz CT molecular complexity index is 1340. The first kappa shape index (κ1) is 18.5. The maximum Gasteiger partial charge on any atom is 0.297 e. The molecular weight excluding hydrogens is 402 g/mol.